The summed E-state index contributed by atoms with van der Waals surface area (Å²) in [4.78, 5) is 23.6. The zero-order valence-corrected chi connectivity index (χ0v) is 14.1. The fourth-order valence-electron chi connectivity index (χ4n) is 2.18. The highest BCUT2D eigenvalue weighted by molar-refractivity contribution is 6.36. The minimum absolute atomic E-state index is 0.0869. The van der Waals surface area contributed by atoms with E-state index < -0.39 is 17.6 Å². The summed E-state index contributed by atoms with van der Waals surface area (Å²) in [5.74, 6) is -1.20. The van der Waals surface area contributed by atoms with Crippen LogP contribution in [0.15, 0.2) is 42.1 Å². The van der Waals surface area contributed by atoms with E-state index in [0.717, 1.165) is 0 Å². The van der Waals surface area contributed by atoms with Crippen molar-refractivity contribution in [1.82, 2.24) is 5.32 Å². The van der Waals surface area contributed by atoms with Crippen molar-refractivity contribution >= 4 is 41.2 Å². The molecule has 1 aliphatic heterocycles. The predicted octanol–water partition coefficient (Wildman–Crippen LogP) is 2.24. The van der Waals surface area contributed by atoms with Gasteiger partial charge < -0.3 is 24.7 Å². The summed E-state index contributed by atoms with van der Waals surface area (Å²) < 4.78 is 10.4. The van der Waals surface area contributed by atoms with Gasteiger partial charge in [0.05, 0.1) is 22.3 Å². The van der Waals surface area contributed by atoms with E-state index in [9.17, 15) is 14.7 Å². The number of hydrogen-bond acceptors (Lipinski definition) is 5. The number of fused-ring (bicyclic) bond motifs is 1. The minimum Gasteiger partial charge on any atom is -0.543 e. The first-order valence-corrected chi connectivity index (χ1v) is 7.79. The molecule has 1 amide bonds. The van der Waals surface area contributed by atoms with Gasteiger partial charge in [0.2, 0.25) is 6.79 Å². The number of rotatable bonds is 4. The number of halogens is 2. The number of carboxylic acids is 1. The third-order valence-corrected chi connectivity index (χ3v) is 3.90. The summed E-state index contributed by atoms with van der Waals surface area (Å²) in [7, 11) is 0. The van der Waals surface area contributed by atoms with Crippen molar-refractivity contribution in [1.29, 1.82) is 0 Å². The highest BCUT2D eigenvalue weighted by Gasteiger charge is 2.15. The molecule has 0 unspecified atom stereocenters. The summed E-state index contributed by atoms with van der Waals surface area (Å²) in [5.41, 5.74) is 0.157. The van der Waals surface area contributed by atoms with Crippen LogP contribution in [-0.2, 0) is 4.79 Å². The molecule has 0 saturated carbocycles. The molecule has 0 spiro atoms. The molecule has 1 heterocycles. The Morgan fingerprint density at radius 2 is 1.84 bits per heavy atom. The molecular weight excluding hydrogens is 369 g/mol. The van der Waals surface area contributed by atoms with Crippen molar-refractivity contribution in [3.05, 3.63) is 63.3 Å². The third kappa shape index (κ3) is 3.87. The van der Waals surface area contributed by atoms with Gasteiger partial charge in [-0.25, -0.2) is 0 Å². The molecule has 0 aromatic heterocycles. The van der Waals surface area contributed by atoms with Gasteiger partial charge in [0.15, 0.2) is 11.5 Å². The topological polar surface area (TPSA) is 87.7 Å². The number of aliphatic carboxylic acids is 1. The van der Waals surface area contributed by atoms with Crippen molar-refractivity contribution in [3.8, 4) is 11.5 Å². The standard InChI is InChI=1S/C17H11Cl2NO5/c18-10-2-3-11(12(19)7-10)16(21)20-13(17(22)23)5-9-1-4-14-15(6-9)25-8-24-14/h1-7H,8H2,(H,20,21)(H,22,23)/p-1/b13-5+. The van der Waals surface area contributed by atoms with E-state index in [1.807, 2.05) is 0 Å². The number of amides is 1. The second kappa shape index (κ2) is 7.04. The second-order valence-corrected chi connectivity index (χ2v) is 5.88. The maximum Gasteiger partial charge on any atom is 0.257 e. The Balaban J connectivity index is 1.86. The number of hydrogen-bond donors (Lipinski definition) is 1. The van der Waals surface area contributed by atoms with Crippen LogP contribution in [0.3, 0.4) is 0 Å². The van der Waals surface area contributed by atoms with E-state index in [0.29, 0.717) is 22.1 Å². The molecule has 25 heavy (non-hydrogen) atoms. The van der Waals surface area contributed by atoms with E-state index in [4.69, 9.17) is 32.7 Å². The monoisotopic (exact) mass is 378 g/mol. The first kappa shape index (κ1) is 17.1. The van der Waals surface area contributed by atoms with E-state index >= 15 is 0 Å². The quantitative estimate of drug-likeness (QED) is 0.824. The van der Waals surface area contributed by atoms with Crippen LogP contribution < -0.4 is 19.9 Å². The summed E-state index contributed by atoms with van der Waals surface area (Å²) in [6.45, 7) is 0.0989. The average Bonchev–Trinajstić information content (AvgIpc) is 3.01. The molecule has 0 saturated heterocycles. The summed E-state index contributed by atoms with van der Waals surface area (Å²) in [6.07, 6.45) is 1.25. The summed E-state index contributed by atoms with van der Waals surface area (Å²) >= 11 is 11.7. The fraction of sp³-hybridized carbons (Fsp3) is 0.0588. The first-order valence-electron chi connectivity index (χ1n) is 7.03. The van der Waals surface area contributed by atoms with Crippen LogP contribution in [-0.4, -0.2) is 18.7 Å². The van der Waals surface area contributed by atoms with Gasteiger partial charge in [-0.2, -0.15) is 0 Å². The largest absolute Gasteiger partial charge is 0.543 e. The summed E-state index contributed by atoms with van der Waals surface area (Å²) in [6, 6.07) is 9.11. The maximum absolute atomic E-state index is 12.3. The maximum atomic E-state index is 12.3. The Labute approximate surface area is 152 Å². The molecule has 6 nitrogen and oxygen atoms in total. The molecule has 0 fully saturated rings. The molecule has 1 aliphatic rings. The van der Waals surface area contributed by atoms with Crippen LogP contribution in [0.25, 0.3) is 6.08 Å². The van der Waals surface area contributed by atoms with Gasteiger partial charge in [-0.1, -0.05) is 29.3 Å². The number of ether oxygens (including phenoxy) is 2. The number of nitrogens with one attached hydrogen (secondary N) is 1. The Kier molecular flexibility index (Phi) is 4.83. The van der Waals surface area contributed by atoms with Crippen LogP contribution in [0.2, 0.25) is 10.0 Å². The molecule has 2 aromatic rings. The van der Waals surface area contributed by atoms with Crippen molar-refractivity contribution in [2.75, 3.05) is 6.79 Å². The van der Waals surface area contributed by atoms with Gasteiger partial charge in [0, 0.05) is 5.02 Å². The van der Waals surface area contributed by atoms with Crippen LogP contribution in [0.1, 0.15) is 15.9 Å². The normalized spacial score (nSPS) is 12.8. The Morgan fingerprint density at radius 1 is 1.08 bits per heavy atom. The van der Waals surface area contributed by atoms with Gasteiger partial charge in [0.1, 0.15) is 0 Å². The van der Waals surface area contributed by atoms with Crippen LogP contribution in [0, 0.1) is 0 Å². The van der Waals surface area contributed by atoms with Crippen LogP contribution in [0.5, 0.6) is 11.5 Å². The highest BCUT2D eigenvalue weighted by Crippen LogP contribution is 2.33. The molecule has 0 aliphatic carbocycles. The number of carbonyl (C=O) groups excluding carboxylic acids is 2. The number of carboxylic acid groups (broad SMARTS) is 1. The fourth-order valence-corrected chi connectivity index (χ4v) is 2.67. The van der Waals surface area contributed by atoms with E-state index in [1.165, 1.54) is 24.3 Å². The molecule has 0 atom stereocenters. The van der Waals surface area contributed by atoms with Crippen LogP contribution >= 0.6 is 23.2 Å². The first-order chi connectivity index (χ1) is 11.9. The van der Waals surface area contributed by atoms with Crippen LogP contribution in [0.4, 0.5) is 0 Å². The molecule has 0 bridgehead atoms. The predicted molar refractivity (Wildman–Crippen MR) is 89.5 cm³/mol. The number of carbonyl (C=O) groups is 2. The molecule has 128 valence electrons. The highest BCUT2D eigenvalue weighted by atomic mass is 35.5. The lowest BCUT2D eigenvalue weighted by atomic mass is 10.1. The van der Waals surface area contributed by atoms with Gasteiger partial charge >= 0.3 is 0 Å². The lowest BCUT2D eigenvalue weighted by Crippen LogP contribution is -2.35. The Hall–Kier alpha value is -2.70. The third-order valence-electron chi connectivity index (χ3n) is 3.35. The lowest BCUT2D eigenvalue weighted by molar-refractivity contribution is -0.299. The minimum atomic E-state index is -1.55. The van der Waals surface area contributed by atoms with Gasteiger partial charge in [-0.15, -0.1) is 0 Å². The van der Waals surface area contributed by atoms with Crippen molar-refractivity contribution in [2.45, 2.75) is 0 Å². The Morgan fingerprint density at radius 3 is 2.56 bits per heavy atom. The lowest BCUT2D eigenvalue weighted by Gasteiger charge is -2.12. The van der Waals surface area contributed by atoms with E-state index in [-0.39, 0.29) is 17.4 Å². The summed E-state index contributed by atoms with van der Waals surface area (Å²) in [5, 5.41) is 14.1. The van der Waals surface area contributed by atoms with E-state index in [2.05, 4.69) is 5.32 Å². The molecule has 8 heteroatoms. The average molecular weight is 379 g/mol. The molecule has 2 aromatic carbocycles. The van der Waals surface area contributed by atoms with Gasteiger partial charge in [-0.3, -0.25) is 4.79 Å². The van der Waals surface area contributed by atoms with E-state index in [1.54, 1.807) is 18.2 Å². The molecule has 3 rings (SSSR count). The van der Waals surface area contributed by atoms with Gasteiger partial charge in [-0.05, 0) is 42.0 Å². The second-order valence-electron chi connectivity index (χ2n) is 5.04. The van der Waals surface area contributed by atoms with Gasteiger partial charge in [0.25, 0.3) is 5.91 Å². The molecule has 1 N–H and O–H groups in total. The Bertz CT molecular complexity index is 895. The van der Waals surface area contributed by atoms with Crippen molar-refractivity contribution < 1.29 is 24.2 Å². The zero-order valence-electron chi connectivity index (χ0n) is 12.5. The smallest absolute Gasteiger partial charge is 0.257 e. The molecular formula is C17H10Cl2NO5-. The number of benzene rings is 2. The molecule has 0 radical (unpaired) electrons. The van der Waals surface area contributed by atoms with Crippen molar-refractivity contribution in [3.63, 3.8) is 0 Å². The zero-order chi connectivity index (χ0) is 18.0. The van der Waals surface area contributed by atoms with Crippen molar-refractivity contribution in [2.24, 2.45) is 0 Å². The SMILES string of the molecule is O=C([O-])/C(=C\c1ccc2c(c1)OCO2)NC(=O)c1ccc(Cl)cc1Cl.